The zero-order valence-electron chi connectivity index (χ0n) is 41.9. The zero-order valence-corrected chi connectivity index (χ0v) is 41.9. The summed E-state index contributed by atoms with van der Waals surface area (Å²) >= 11 is 0. The number of allylic oxidation sites excluding steroid dienone is 14. The summed E-state index contributed by atoms with van der Waals surface area (Å²) in [4.78, 5) is 26.1. The first-order valence-electron chi connectivity index (χ1n) is 26.8. The van der Waals surface area contributed by atoms with Crippen LogP contribution in [0.25, 0.3) is 0 Å². The van der Waals surface area contributed by atoms with Gasteiger partial charge in [0.1, 0.15) is 6.10 Å². The van der Waals surface area contributed by atoms with Crippen molar-refractivity contribution >= 4 is 11.9 Å². The van der Waals surface area contributed by atoms with E-state index in [9.17, 15) is 19.8 Å². The molecule has 368 valence electrons. The molecule has 0 aliphatic carbocycles. The molecule has 64 heavy (non-hydrogen) atoms. The van der Waals surface area contributed by atoms with Gasteiger partial charge in [0.2, 0.25) is 5.91 Å². The van der Waals surface area contributed by atoms with Crippen molar-refractivity contribution in [1.82, 2.24) is 5.32 Å². The Labute approximate surface area is 395 Å². The monoisotopic (exact) mass is 892 g/mol. The van der Waals surface area contributed by atoms with Crippen molar-refractivity contribution in [3.63, 3.8) is 0 Å². The van der Waals surface area contributed by atoms with E-state index in [0.29, 0.717) is 19.3 Å². The molecule has 6 nitrogen and oxygen atoms in total. The van der Waals surface area contributed by atoms with Crippen LogP contribution in [-0.4, -0.2) is 46.9 Å². The minimum Gasteiger partial charge on any atom is -0.462 e. The number of hydrogen-bond acceptors (Lipinski definition) is 5. The van der Waals surface area contributed by atoms with Crippen LogP contribution in [0.4, 0.5) is 0 Å². The molecule has 0 bridgehead atoms. The second kappa shape index (κ2) is 51.0. The molecular weight excluding hydrogens is 791 g/mol. The molecular formula is C58H101NO5. The van der Waals surface area contributed by atoms with Crippen molar-refractivity contribution in [3.8, 4) is 0 Å². The van der Waals surface area contributed by atoms with Crippen LogP contribution < -0.4 is 5.32 Å². The van der Waals surface area contributed by atoms with E-state index in [1.165, 1.54) is 116 Å². The summed E-state index contributed by atoms with van der Waals surface area (Å²) in [5, 5.41) is 23.8. The summed E-state index contributed by atoms with van der Waals surface area (Å²) < 4.78 is 5.87. The Morgan fingerprint density at radius 3 is 1.31 bits per heavy atom. The van der Waals surface area contributed by atoms with E-state index in [-0.39, 0.29) is 31.3 Å². The van der Waals surface area contributed by atoms with Gasteiger partial charge in [0, 0.05) is 6.42 Å². The van der Waals surface area contributed by atoms with Crippen molar-refractivity contribution < 1.29 is 24.5 Å². The topological polar surface area (TPSA) is 95.9 Å². The lowest BCUT2D eigenvalue weighted by Gasteiger charge is -2.24. The van der Waals surface area contributed by atoms with Crippen LogP contribution in [-0.2, 0) is 14.3 Å². The second-order valence-electron chi connectivity index (χ2n) is 17.9. The van der Waals surface area contributed by atoms with E-state index in [1.807, 2.05) is 6.08 Å². The lowest BCUT2D eigenvalue weighted by molar-refractivity contribution is -0.150. The van der Waals surface area contributed by atoms with E-state index >= 15 is 0 Å². The van der Waals surface area contributed by atoms with Crippen molar-refractivity contribution in [1.29, 1.82) is 0 Å². The third-order valence-corrected chi connectivity index (χ3v) is 11.7. The smallest absolute Gasteiger partial charge is 0.306 e. The molecule has 0 fully saturated rings. The molecule has 0 heterocycles. The number of esters is 1. The first-order valence-corrected chi connectivity index (χ1v) is 26.8. The second-order valence-corrected chi connectivity index (χ2v) is 17.9. The third-order valence-electron chi connectivity index (χ3n) is 11.7. The molecule has 0 aliphatic heterocycles. The number of rotatable bonds is 47. The molecule has 0 saturated heterocycles. The maximum atomic E-state index is 13.2. The highest BCUT2D eigenvalue weighted by molar-refractivity contribution is 5.77. The van der Waals surface area contributed by atoms with Crippen molar-refractivity contribution in [2.24, 2.45) is 0 Å². The zero-order chi connectivity index (χ0) is 46.7. The highest BCUT2D eigenvalue weighted by Crippen LogP contribution is 2.17. The van der Waals surface area contributed by atoms with Gasteiger partial charge in [0.15, 0.2) is 0 Å². The predicted molar refractivity (Wildman–Crippen MR) is 278 cm³/mol. The van der Waals surface area contributed by atoms with Gasteiger partial charge in [0.25, 0.3) is 0 Å². The van der Waals surface area contributed by atoms with Crippen LogP contribution in [0.15, 0.2) is 85.1 Å². The molecule has 0 aromatic rings. The van der Waals surface area contributed by atoms with E-state index in [0.717, 1.165) is 77.0 Å². The molecule has 0 rings (SSSR count). The van der Waals surface area contributed by atoms with Gasteiger partial charge in [-0.15, -0.1) is 0 Å². The number of aliphatic hydroxyl groups is 2. The van der Waals surface area contributed by atoms with Crippen LogP contribution in [0.2, 0.25) is 0 Å². The van der Waals surface area contributed by atoms with Gasteiger partial charge in [-0.25, -0.2) is 0 Å². The summed E-state index contributed by atoms with van der Waals surface area (Å²) in [5.74, 6) is -0.606. The SMILES string of the molecule is CC/C=C\C/C=C\C/C=C\C/C=C\C/C=C\C/C=C\CCC(=O)OC(CCC/C=C\CCCCCCCC)CC(=O)NC(CO)C(O)CCCCCCCCCCCCCCCCC. The van der Waals surface area contributed by atoms with Gasteiger partial charge in [-0.2, -0.15) is 0 Å². The summed E-state index contributed by atoms with van der Waals surface area (Å²) in [6, 6.07) is -0.728. The fourth-order valence-electron chi connectivity index (χ4n) is 7.69. The van der Waals surface area contributed by atoms with Crippen molar-refractivity contribution in [3.05, 3.63) is 85.1 Å². The van der Waals surface area contributed by atoms with Crippen LogP contribution in [0.1, 0.15) is 245 Å². The number of carbonyl (C=O) groups is 2. The molecule has 0 aliphatic rings. The Kier molecular flexibility index (Phi) is 48.7. The Morgan fingerprint density at radius 2 is 0.859 bits per heavy atom. The molecule has 0 radical (unpaired) electrons. The summed E-state index contributed by atoms with van der Waals surface area (Å²) in [6.45, 7) is 6.34. The van der Waals surface area contributed by atoms with E-state index in [1.54, 1.807) is 0 Å². The minimum atomic E-state index is -0.810. The fraction of sp³-hybridized carbons (Fsp3) is 0.724. The lowest BCUT2D eigenvalue weighted by Crippen LogP contribution is -2.46. The molecule has 1 amide bonds. The molecule has 0 aromatic carbocycles. The van der Waals surface area contributed by atoms with Crippen molar-refractivity contribution in [2.45, 2.75) is 264 Å². The quantitative estimate of drug-likeness (QED) is 0.0321. The lowest BCUT2D eigenvalue weighted by atomic mass is 10.0. The Balaban J connectivity index is 4.65. The Bertz CT molecular complexity index is 1230. The number of unbranched alkanes of at least 4 members (excludes halogenated alkanes) is 21. The standard InChI is InChI=1S/C58H101NO5/c1-4-7-10-13-16-19-22-24-26-27-28-29-31-33-36-39-42-45-48-51-58(63)64-54(49-46-43-40-37-34-21-18-15-12-9-6-3)52-57(62)59-55(53-60)56(61)50-47-44-41-38-35-32-30-25-23-20-17-14-11-8-5-2/h7,10,16,19,24,26,28-29,33,36-37,40,42,45,54-56,60-61H,4-6,8-9,11-15,17-18,20-23,25,27,30-32,34-35,38-39,41,43-44,46-53H2,1-3H3,(H,59,62)/b10-7-,19-16-,26-24-,29-28-,36-33-,40-37-,45-42-. The van der Waals surface area contributed by atoms with Crippen LogP contribution in [0.3, 0.4) is 0 Å². The molecule has 0 saturated carbocycles. The third kappa shape index (κ3) is 45.6. The first kappa shape index (κ1) is 61.0. The molecule has 6 heteroatoms. The van der Waals surface area contributed by atoms with Gasteiger partial charge in [-0.1, -0.05) is 234 Å². The maximum Gasteiger partial charge on any atom is 0.306 e. The van der Waals surface area contributed by atoms with E-state index in [4.69, 9.17) is 4.74 Å². The van der Waals surface area contributed by atoms with Gasteiger partial charge in [0.05, 0.1) is 25.2 Å². The molecule has 3 N–H and O–H groups in total. The highest BCUT2D eigenvalue weighted by Gasteiger charge is 2.24. The minimum absolute atomic E-state index is 0.0231. The van der Waals surface area contributed by atoms with Crippen LogP contribution >= 0.6 is 0 Å². The Hall–Kier alpha value is -2.96. The van der Waals surface area contributed by atoms with Gasteiger partial charge in [-0.3, -0.25) is 9.59 Å². The first-order chi connectivity index (χ1) is 31.5. The number of ether oxygens (including phenoxy) is 1. The molecule has 3 atom stereocenters. The number of nitrogens with one attached hydrogen (secondary N) is 1. The Morgan fingerprint density at radius 1 is 0.469 bits per heavy atom. The fourth-order valence-corrected chi connectivity index (χ4v) is 7.69. The van der Waals surface area contributed by atoms with E-state index < -0.39 is 18.2 Å². The summed E-state index contributed by atoms with van der Waals surface area (Å²) in [7, 11) is 0. The number of carbonyl (C=O) groups excluding carboxylic acids is 2. The summed E-state index contributed by atoms with van der Waals surface area (Å²) in [5.41, 5.74) is 0. The molecule has 3 unspecified atom stereocenters. The maximum absolute atomic E-state index is 13.2. The average Bonchev–Trinajstić information content (AvgIpc) is 3.29. The number of aliphatic hydroxyl groups excluding tert-OH is 2. The van der Waals surface area contributed by atoms with E-state index in [2.05, 4.69) is 105 Å². The molecule has 0 spiro atoms. The van der Waals surface area contributed by atoms with Gasteiger partial charge < -0.3 is 20.3 Å². The largest absolute Gasteiger partial charge is 0.462 e. The normalized spacial score (nSPS) is 13.9. The number of hydrogen-bond donors (Lipinski definition) is 3. The predicted octanol–water partition coefficient (Wildman–Crippen LogP) is 16.3. The highest BCUT2D eigenvalue weighted by atomic mass is 16.5. The average molecular weight is 892 g/mol. The molecule has 0 aromatic heterocycles. The van der Waals surface area contributed by atoms with Crippen LogP contribution in [0, 0.1) is 0 Å². The van der Waals surface area contributed by atoms with Crippen molar-refractivity contribution in [2.75, 3.05) is 6.61 Å². The van der Waals surface area contributed by atoms with Gasteiger partial charge >= 0.3 is 5.97 Å². The number of amides is 1. The van der Waals surface area contributed by atoms with Crippen LogP contribution in [0.5, 0.6) is 0 Å². The summed E-state index contributed by atoms with van der Waals surface area (Å²) in [6.07, 6.45) is 66.6. The van der Waals surface area contributed by atoms with Gasteiger partial charge in [-0.05, 0) is 83.5 Å².